The average molecular weight is 395 g/mol. The first-order valence-corrected chi connectivity index (χ1v) is 11.5. The van der Waals surface area contributed by atoms with Crippen molar-refractivity contribution >= 4 is 17.3 Å². The Kier molecular flexibility index (Phi) is 9.56. The van der Waals surface area contributed by atoms with Crippen molar-refractivity contribution in [2.24, 2.45) is 10.4 Å². The molecule has 1 fully saturated rings. The minimum atomic E-state index is 0.332. The summed E-state index contributed by atoms with van der Waals surface area (Å²) in [5, 5.41) is 10.3. The van der Waals surface area contributed by atoms with Gasteiger partial charge in [-0.25, -0.2) is 4.98 Å². The molecule has 0 atom stereocenters. The molecule has 0 amide bonds. The topological polar surface area (TPSA) is 58.5 Å². The van der Waals surface area contributed by atoms with Crippen LogP contribution in [-0.4, -0.2) is 43.8 Å². The summed E-state index contributed by atoms with van der Waals surface area (Å²) in [5.41, 5.74) is 1.51. The Labute approximate surface area is 169 Å². The van der Waals surface area contributed by atoms with Crippen LogP contribution in [0.5, 0.6) is 0 Å². The fourth-order valence-corrected chi connectivity index (χ4v) is 4.51. The number of guanidine groups is 1. The minimum Gasteiger partial charge on any atom is -0.382 e. The summed E-state index contributed by atoms with van der Waals surface area (Å²) in [4.78, 5) is 9.65. The van der Waals surface area contributed by atoms with E-state index in [9.17, 15) is 0 Å². The number of nitrogens with zero attached hydrogens (tertiary/aromatic N) is 2. The van der Waals surface area contributed by atoms with Crippen LogP contribution < -0.4 is 10.6 Å². The van der Waals surface area contributed by atoms with Crippen molar-refractivity contribution in [1.29, 1.82) is 0 Å². The Morgan fingerprint density at radius 3 is 2.70 bits per heavy atom. The molecule has 1 aliphatic carbocycles. The summed E-state index contributed by atoms with van der Waals surface area (Å²) in [6, 6.07) is 0. The van der Waals surface area contributed by atoms with Crippen molar-refractivity contribution in [2.45, 2.75) is 72.1 Å². The van der Waals surface area contributed by atoms with Gasteiger partial charge in [0, 0.05) is 50.6 Å². The van der Waals surface area contributed by atoms with E-state index in [-0.39, 0.29) is 0 Å². The third kappa shape index (κ3) is 7.41. The van der Waals surface area contributed by atoms with Crippen LogP contribution >= 0.6 is 11.3 Å². The predicted molar refractivity (Wildman–Crippen MR) is 116 cm³/mol. The van der Waals surface area contributed by atoms with Crippen LogP contribution in [0.1, 0.15) is 76.4 Å². The summed E-state index contributed by atoms with van der Waals surface area (Å²) in [7, 11) is 0. The molecule has 1 heterocycles. The number of hydrogen-bond donors (Lipinski definition) is 2. The second-order valence-electron chi connectivity index (χ2n) is 7.86. The monoisotopic (exact) mass is 394 g/mol. The number of aliphatic imine (C=N–C) groups is 1. The molecule has 6 heteroatoms. The second-order valence-corrected chi connectivity index (χ2v) is 8.75. The minimum absolute atomic E-state index is 0.332. The van der Waals surface area contributed by atoms with Crippen LogP contribution in [0.3, 0.4) is 0 Å². The highest BCUT2D eigenvalue weighted by molar-refractivity contribution is 7.09. The molecule has 27 heavy (non-hydrogen) atoms. The van der Waals surface area contributed by atoms with E-state index < -0.39 is 0 Å². The highest BCUT2D eigenvalue weighted by atomic mass is 32.1. The van der Waals surface area contributed by atoms with Crippen molar-refractivity contribution in [3.63, 3.8) is 0 Å². The number of hydrogen-bond acceptors (Lipinski definition) is 4. The van der Waals surface area contributed by atoms with Crippen LogP contribution in [0.25, 0.3) is 0 Å². The van der Waals surface area contributed by atoms with Crippen molar-refractivity contribution in [3.05, 3.63) is 16.1 Å². The maximum Gasteiger partial charge on any atom is 0.191 e. The molecule has 2 rings (SSSR count). The van der Waals surface area contributed by atoms with E-state index in [2.05, 4.69) is 43.7 Å². The Balaban J connectivity index is 1.86. The number of ether oxygens (including phenoxy) is 1. The normalized spacial score (nSPS) is 16.9. The van der Waals surface area contributed by atoms with Gasteiger partial charge in [-0.3, -0.25) is 4.99 Å². The van der Waals surface area contributed by atoms with Gasteiger partial charge in [0.05, 0.1) is 10.7 Å². The molecule has 0 spiro atoms. The first kappa shape index (κ1) is 22.2. The molecule has 0 bridgehead atoms. The van der Waals surface area contributed by atoms with Gasteiger partial charge in [-0.05, 0) is 38.5 Å². The molecule has 1 aromatic heterocycles. The van der Waals surface area contributed by atoms with Gasteiger partial charge in [0.1, 0.15) is 0 Å². The molecule has 0 saturated heterocycles. The lowest BCUT2D eigenvalue weighted by molar-refractivity contribution is 0.107. The molecule has 0 aliphatic heterocycles. The van der Waals surface area contributed by atoms with E-state index in [1.807, 2.05) is 0 Å². The van der Waals surface area contributed by atoms with Crippen LogP contribution in [-0.2, 0) is 11.2 Å². The highest BCUT2D eigenvalue weighted by Gasteiger charge is 2.33. The van der Waals surface area contributed by atoms with E-state index in [0.29, 0.717) is 11.3 Å². The molecule has 1 saturated carbocycles. The quantitative estimate of drug-likeness (QED) is 0.333. The summed E-state index contributed by atoms with van der Waals surface area (Å²) in [6.07, 6.45) is 7.27. The predicted octanol–water partition coefficient (Wildman–Crippen LogP) is 4.35. The zero-order valence-corrected chi connectivity index (χ0v) is 18.5. The standard InChI is InChI=1S/C21H38N4OS/c1-5-22-20(23-13-9-18-15-27-19(25-18)17(3)4)24-16-21(10-7-8-11-21)12-14-26-6-2/h15,17H,5-14,16H2,1-4H3,(H2,22,23,24). The summed E-state index contributed by atoms with van der Waals surface area (Å²) in [6.45, 7) is 12.9. The first-order chi connectivity index (χ1) is 13.1. The van der Waals surface area contributed by atoms with Gasteiger partial charge in [-0.15, -0.1) is 11.3 Å². The third-order valence-electron chi connectivity index (χ3n) is 5.30. The number of aromatic nitrogens is 1. The van der Waals surface area contributed by atoms with Crippen molar-refractivity contribution in [1.82, 2.24) is 15.6 Å². The SMILES string of the molecule is CCNC(=NCC1(CCOCC)CCCC1)NCCc1csc(C(C)C)n1. The largest absolute Gasteiger partial charge is 0.382 e. The molecule has 154 valence electrons. The van der Waals surface area contributed by atoms with Crippen LogP contribution in [0.2, 0.25) is 0 Å². The number of thiazole rings is 1. The van der Waals surface area contributed by atoms with Gasteiger partial charge in [0.15, 0.2) is 5.96 Å². The van der Waals surface area contributed by atoms with E-state index in [4.69, 9.17) is 14.7 Å². The van der Waals surface area contributed by atoms with Crippen LogP contribution in [0, 0.1) is 5.41 Å². The van der Waals surface area contributed by atoms with Gasteiger partial charge < -0.3 is 15.4 Å². The zero-order valence-electron chi connectivity index (χ0n) is 17.6. The third-order valence-corrected chi connectivity index (χ3v) is 6.49. The zero-order chi connectivity index (χ0) is 19.5. The molecule has 1 aromatic rings. The highest BCUT2D eigenvalue weighted by Crippen LogP contribution is 2.41. The molecule has 5 nitrogen and oxygen atoms in total. The van der Waals surface area contributed by atoms with E-state index in [0.717, 1.165) is 51.6 Å². The Hall–Kier alpha value is -1.14. The maximum absolute atomic E-state index is 5.62. The average Bonchev–Trinajstić information content (AvgIpc) is 3.30. The molecular formula is C21H38N4OS. The first-order valence-electron chi connectivity index (χ1n) is 10.6. The molecule has 1 aliphatic rings. The van der Waals surface area contributed by atoms with Crippen LogP contribution in [0.15, 0.2) is 10.4 Å². The van der Waals surface area contributed by atoms with E-state index >= 15 is 0 Å². The Morgan fingerprint density at radius 1 is 1.30 bits per heavy atom. The molecule has 0 radical (unpaired) electrons. The van der Waals surface area contributed by atoms with Crippen molar-refractivity contribution in [3.8, 4) is 0 Å². The van der Waals surface area contributed by atoms with E-state index in [1.54, 1.807) is 11.3 Å². The fourth-order valence-electron chi connectivity index (χ4n) is 3.65. The molecule has 0 unspecified atom stereocenters. The Morgan fingerprint density at radius 2 is 2.07 bits per heavy atom. The van der Waals surface area contributed by atoms with Crippen molar-refractivity contribution < 1.29 is 4.74 Å². The van der Waals surface area contributed by atoms with Gasteiger partial charge in [0.25, 0.3) is 0 Å². The molecule has 2 N–H and O–H groups in total. The lowest BCUT2D eigenvalue weighted by Gasteiger charge is -2.27. The summed E-state index contributed by atoms with van der Waals surface area (Å²) in [5.74, 6) is 1.44. The number of rotatable bonds is 11. The lowest BCUT2D eigenvalue weighted by atomic mass is 9.83. The lowest BCUT2D eigenvalue weighted by Crippen LogP contribution is -2.39. The molecule has 0 aromatic carbocycles. The van der Waals surface area contributed by atoms with E-state index in [1.165, 1.54) is 36.4 Å². The second kappa shape index (κ2) is 11.6. The fraction of sp³-hybridized carbons (Fsp3) is 0.810. The van der Waals surface area contributed by atoms with Gasteiger partial charge in [0.2, 0.25) is 0 Å². The van der Waals surface area contributed by atoms with Gasteiger partial charge >= 0.3 is 0 Å². The van der Waals surface area contributed by atoms with Crippen molar-refractivity contribution in [2.75, 3.05) is 32.8 Å². The maximum atomic E-state index is 5.62. The number of nitrogens with one attached hydrogen (secondary N) is 2. The smallest absolute Gasteiger partial charge is 0.191 e. The van der Waals surface area contributed by atoms with Crippen LogP contribution in [0.4, 0.5) is 0 Å². The van der Waals surface area contributed by atoms with Gasteiger partial charge in [-0.2, -0.15) is 0 Å². The summed E-state index contributed by atoms with van der Waals surface area (Å²) < 4.78 is 5.62. The Bertz CT molecular complexity index is 564. The van der Waals surface area contributed by atoms with Gasteiger partial charge in [-0.1, -0.05) is 26.7 Å². The molecular weight excluding hydrogens is 356 g/mol. The summed E-state index contributed by atoms with van der Waals surface area (Å²) >= 11 is 1.77.